The van der Waals surface area contributed by atoms with E-state index < -0.39 is 6.09 Å². The maximum atomic E-state index is 11.6. The first kappa shape index (κ1) is 17.9. The summed E-state index contributed by atoms with van der Waals surface area (Å²) in [6.45, 7) is 6.62. The summed E-state index contributed by atoms with van der Waals surface area (Å²) >= 11 is 5.89. The van der Waals surface area contributed by atoms with Crippen LogP contribution < -0.4 is 0 Å². The lowest BCUT2D eigenvalue weighted by molar-refractivity contribution is 0.0489. The van der Waals surface area contributed by atoms with Crippen LogP contribution in [-0.2, 0) is 6.54 Å². The summed E-state index contributed by atoms with van der Waals surface area (Å²) in [5.74, 6) is 0.462. The third-order valence-corrected chi connectivity index (χ3v) is 5.07. The van der Waals surface area contributed by atoms with Crippen LogP contribution in [0.5, 0.6) is 0 Å². The summed E-state index contributed by atoms with van der Waals surface area (Å²) in [6.07, 6.45) is 6.31. The van der Waals surface area contributed by atoms with Crippen molar-refractivity contribution in [2.45, 2.75) is 64.6 Å². The molecule has 0 saturated heterocycles. The third kappa shape index (κ3) is 3.86. The quantitative estimate of drug-likeness (QED) is 0.836. The molecule has 1 amide bonds. The number of hydrogen-bond donors (Lipinski definition) is 1. The van der Waals surface area contributed by atoms with Gasteiger partial charge in [0, 0.05) is 24.3 Å². The van der Waals surface area contributed by atoms with Gasteiger partial charge in [0.05, 0.1) is 11.6 Å². The summed E-state index contributed by atoms with van der Waals surface area (Å²) in [7, 11) is 0. The first-order chi connectivity index (χ1) is 11.8. The Kier molecular flexibility index (Phi) is 4.86. The van der Waals surface area contributed by atoms with E-state index in [1.807, 2.05) is 25.5 Å². The molecule has 2 heterocycles. The lowest BCUT2D eigenvalue weighted by Gasteiger charge is -2.42. The number of rotatable bonds is 3. The van der Waals surface area contributed by atoms with Crippen LogP contribution in [0.4, 0.5) is 4.79 Å². The largest absolute Gasteiger partial charge is 0.465 e. The highest BCUT2D eigenvalue weighted by Gasteiger charge is 2.35. The van der Waals surface area contributed by atoms with Crippen LogP contribution in [-0.4, -0.2) is 47.4 Å². The Labute approximate surface area is 152 Å². The Morgan fingerprint density at radius 1 is 1.32 bits per heavy atom. The summed E-state index contributed by atoms with van der Waals surface area (Å²) in [5, 5.41) is 15.1. The number of carbonyl (C=O) groups is 1. The van der Waals surface area contributed by atoms with E-state index in [1.165, 1.54) is 0 Å². The molecule has 1 aliphatic rings. The second-order valence-electron chi connectivity index (χ2n) is 7.74. The molecule has 136 valence electrons. The van der Waals surface area contributed by atoms with Gasteiger partial charge >= 0.3 is 6.09 Å². The van der Waals surface area contributed by atoms with Gasteiger partial charge in [0.25, 0.3) is 0 Å². The molecule has 0 aliphatic heterocycles. The third-order valence-electron chi connectivity index (χ3n) is 4.89. The number of halogens is 1. The van der Waals surface area contributed by atoms with Crippen molar-refractivity contribution in [1.82, 2.24) is 24.6 Å². The highest BCUT2D eigenvalue weighted by Crippen LogP contribution is 2.32. The highest BCUT2D eigenvalue weighted by molar-refractivity contribution is 6.28. The van der Waals surface area contributed by atoms with Gasteiger partial charge in [-0.1, -0.05) is 0 Å². The molecular weight excluding hydrogens is 342 g/mol. The van der Waals surface area contributed by atoms with Gasteiger partial charge in [-0.15, -0.1) is 0 Å². The maximum absolute atomic E-state index is 11.6. The van der Waals surface area contributed by atoms with Crippen molar-refractivity contribution in [3.8, 4) is 0 Å². The molecule has 25 heavy (non-hydrogen) atoms. The van der Waals surface area contributed by atoms with E-state index >= 15 is 0 Å². The number of aromatic nitrogens is 4. The zero-order valence-corrected chi connectivity index (χ0v) is 15.6. The van der Waals surface area contributed by atoms with E-state index in [-0.39, 0.29) is 16.9 Å². The average Bonchev–Trinajstić information content (AvgIpc) is 2.90. The minimum absolute atomic E-state index is 0.0832. The van der Waals surface area contributed by atoms with Crippen LogP contribution in [0.25, 0.3) is 11.0 Å². The molecule has 3 rings (SSSR count). The van der Waals surface area contributed by atoms with Gasteiger partial charge in [-0.3, -0.25) is 0 Å². The first-order valence-electron chi connectivity index (χ1n) is 8.62. The number of nitrogens with zero attached hydrogens (tertiary/aromatic N) is 5. The second-order valence-corrected chi connectivity index (χ2v) is 8.08. The van der Waals surface area contributed by atoms with Gasteiger partial charge in [0.15, 0.2) is 5.65 Å². The molecule has 0 radical (unpaired) electrons. The van der Waals surface area contributed by atoms with Crippen molar-refractivity contribution >= 4 is 28.7 Å². The van der Waals surface area contributed by atoms with Crippen LogP contribution in [0.3, 0.4) is 0 Å². The van der Waals surface area contributed by atoms with Gasteiger partial charge in [-0.2, -0.15) is 10.1 Å². The standard InChI is InChI=1S/C17H24ClN5O2/c1-17(2,3)23(16(24)25)13-6-4-11(5-7-13)10-22-14-12(9-20-22)8-19-15(18)21-14/h8-9,11,13H,4-7,10H2,1-3H3,(H,24,25). The van der Waals surface area contributed by atoms with Gasteiger partial charge in [-0.05, 0) is 64.0 Å². The molecule has 1 saturated carbocycles. The molecule has 0 bridgehead atoms. The molecule has 0 spiro atoms. The van der Waals surface area contributed by atoms with E-state index in [0.717, 1.165) is 43.3 Å². The van der Waals surface area contributed by atoms with Crippen molar-refractivity contribution in [3.05, 3.63) is 17.7 Å². The van der Waals surface area contributed by atoms with Crippen LogP contribution in [0.1, 0.15) is 46.5 Å². The normalized spacial score (nSPS) is 21.4. The summed E-state index contributed by atoms with van der Waals surface area (Å²) in [5.41, 5.74) is 0.374. The summed E-state index contributed by atoms with van der Waals surface area (Å²) < 4.78 is 1.88. The minimum atomic E-state index is -0.833. The van der Waals surface area contributed by atoms with E-state index in [9.17, 15) is 9.90 Å². The van der Waals surface area contributed by atoms with Crippen LogP contribution in [0.2, 0.25) is 5.28 Å². The minimum Gasteiger partial charge on any atom is -0.465 e. The Balaban J connectivity index is 1.66. The monoisotopic (exact) mass is 365 g/mol. The van der Waals surface area contributed by atoms with Crippen LogP contribution in [0.15, 0.2) is 12.4 Å². The van der Waals surface area contributed by atoms with E-state index in [4.69, 9.17) is 11.6 Å². The molecule has 0 aromatic carbocycles. The molecule has 1 aliphatic carbocycles. The molecular formula is C17H24ClN5O2. The fourth-order valence-electron chi connectivity index (χ4n) is 3.80. The van der Waals surface area contributed by atoms with E-state index in [1.54, 1.807) is 17.3 Å². The second kappa shape index (κ2) is 6.78. The smallest absolute Gasteiger partial charge is 0.407 e. The number of amides is 1. The zero-order valence-electron chi connectivity index (χ0n) is 14.8. The van der Waals surface area contributed by atoms with Crippen molar-refractivity contribution < 1.29 is 9.90 Å². The molecule has 1 N–H and O–H groups in total. The topological polar surface area (TPSA) is 84.1 Å². The molecule has 0 unspecified atom stereocenters. The fourth-order valence-corrected chi connectivity index (χ4v) is 3.93. The Morgan fingerprint density at radius 3 is 2.60 bits per heavy atom. The van der Waals surface area contributed by atoms with Crippen molar-refractivity contribution in [3.63, 3.8) is 0 Å². The molecule has 7 nitrogen and oxygen atoms in total. The highest BCUT2D eigenvalue weighted by atomic mass is 35.5. The molecule has 8 heteroatoms. The Morgan fingerprint density at radius 2 is 2.00 bits per heavy atom. The summed E-state index contributed by atoms with van der Waals surface area (Å²) in [6, 6.07) is 0.0832. The predicted octanol–water partition coefficient (Wildman–Crippen LogP) is 3.82. The fraction of sp³-hybridized carbons (Fsp3) is 0.647. The summed E-state index contributed by atoms with van der Waals surface area (Å²) in [4.78, 5) is 21.5. The molecule has 0 atom stereocenters. The zero-order chi connectivity index (χ0) is 18.2. The van der Waals surface area contributed by atoms with Gasteiger partial charge in [0.2, 0.25) is 5.28 Å². The first-order valence-corrected chi connectivity index (χ1v) is 9.00. The molecule has 2 aromatic rings. The van der Waals surface area contributed by atoms with E-state index in [0.29, 0.717) is 5.92 Å². The number of fused-ring (bicyclic) bond motifs is 1. The number of carboxylic acid groups (broad SMARTS) is 1. The maximum Gasteiger partial charge on any atom is 0.407 e. The number of hydrogen-bond acceptors (Lipinski definition) is 4. The SMILES string of the molecule is CC(C)(C)N(C(=O)O)C1CCC(Cn2ncc3cnc(Cl)nc32)CC1. The van der Waals surface area contributed by atoms with Crippen LogP contribution in [0, 0.1) is 5.92 Å². The lowest BCUT2D eigenvalue weighted by Crippen LogP contribution is -2.52. The molecule has 2 aromatic heterocycles. The van der Waals surface area contributed by atoms with Gasteiger partial charge < -0.3 is 10.0 Å². The van der Waals surface area contributed by atoms with Crippen LogP contribution >= 0.6 is 11.6 Å². The van der Waals surface area contributed by atoms with E-state index in [2.05, 4.69) is 15.1 Å². The van der Waals surface area contributed by atoms with Crippen molar-refractivity contribution in [1.29, 1.82) is 0 Å². The average molecular weight is 366 g/mol. The van der Waals surface area contributed by atoms with Gasteiger partial charge in [-0.25, -0.2) is 14.5 Å². The lowest BCUT2D eigenvalue weighted by atomic mass is 9.84. The predicted molar refractivity (Wildman–Crippen MR) is 95.7 cm³/mol. The van der Waals surface area contributed by atoms with Gasteiger partial charge in [0.1, 0.15) is 0 Å². The van der Waals surface area contributed by atoms with Crippen molar-refractivity contribution in [2.75, 3.05) is 0 Å². The Bertz CT molecular complexity index is 762. The molecule has 1 fully saturated rings. The van der Waals surface area contributed by atoms with Crippen molar-refractivity contribution in [2.24, 2.45) is 5.92 Å². The Hall–Kier alpha value is -1.89.